The van der Waals surface area contributed by atoms with Crippen molar-refractivity contribution < 1.29 is 14.7 Å². The Kier molecular flexibility index (Phi) is 4.82. The molecule has 1 heterocycles. The molecule has 0 spiro atoms. The smallest absolute Gasteiger partial charge is 0.307 e. The van der Waals surface area contributed by atoms with Crippen LogP contribution in [-0.4, -0.2) is 32.2 Å². The molecule has 0 aromatic carbocycles. The van der Waals surface area contributed by atoms with Crippen LogP contribution in [0.15, 0.2) is 0 Å². The highest BCUT2D eigenvalue weighted by atomic mass is 16.4. The Bertz CT molecular complexity index is 547. The Morgan fingerprint density at radius 1 is 1.14 bits per heavy atom. The van der Waals surface area contributed by atoms with Gasteiger partial charge in [-0.2, -0.15) is 0 Å². The number of amides is 1. The number of hydrogen-bond donors (Lipinski definition) is 2. The van der Waals surface area contributed by atoms with Gasteiger partial charge in [-0.25, -0.2) is 4.98 Å². The lowest BCUT2D eigenvalue weighted by Crippen LogP contribution is -2.30. The summed E-state index contributed by atoms with van der Waals surface area (Å²) in [4.78, 5) is 27.6. The molecule has 0 radical (unpaired) electrons. The van der Waals surface area contributed by atoms with E-state index < -0.39 is 17.8 Å². The van der Waals surface area contributed by atoms with Crippen molar-refractivity contribution in [3.63, 3.8) is 0 Å². The molecule has 2 N–H and O–H groups in total. The molecule has 1 saturated carbocycles. The maximum Gasteiger partial charge on any atom is 0.307 e. The van der Waals surface area contributed by atoms with E-state index >= 15 is 0 Å². The van der Waals surface area contributed by atoms with Gasteiger partial charge < -0.3 is 5.11 Å². The predicted molar refractivity (Wildman–Crippen MR) is 75.7 cm³/mol. The number of carboxylic acid groups (broad SMARTS) is 1. The summed E-state index contributed by atoms with van der Waals surface area (Å²) >= 11 is 0. The Hall–Kier alpha value is -2.05. The highest BCUT2D eigenvalue weighted by molar-refractivity contribution is 5.94. The van der Waals surface area contributed by atoms with Crippen molar-refractivity contribution in [2.45, 2.75) is 46.0 Å². The van der Waals surface area contributed by atoms with Gasteiger partial charge in [0.25, 0.3) is 0 Å². The van der Waals surface area contributed by atoms with Crippen LogP contribution in [0.3, 0.4) is 0 Å². The van der Waals surface area contributed by atoms with E-state index in [2.05, 4.69) is 20.5 Å². The minimum atomic E-state index is -0.915. The molecular weight excluding hydrogens is 272 g/mol. The summed E-state index contributed by atoms with van der Waals surface area (Å²) in [5, 5.41) is 19.7. The lowest BCUT2D eigenvalue weighted by Gasteiger charge is -2.15. The number of anilines is 1. The van der Waals surface area contributed by atoms with E-state index in [1.54, 1.807) is 0 Å². The summed E-state index contributed by atoms with van der Waals surface area (Å²) in [6, 6.07) is 0. The fourth-order valence-electron chi connectivity index (χ4n) is 2.76. The molecule has 21 heavy (non-hydrogen) atoms. The zero-order valence-corrected chi connectivity index (χ0v) is 12.3. The second-order valence-corrected chi connectivity index (χ2v) is 5.21. The van der Waals surface area contributed by atoms with Crippen LogP contribution in [0.4, 0.5) is 5.95 Å². The topological polar surface area (TPSA) is 105 Å². The minimum absolute atomic E-state index is 0.157. The van der Waals surface area contributed by atoms with Gasteiger partial charge in [0.05, 0.1) is 23.2 Å². The third-order valence-corrected chi connectivity index (χ3v) is 3.91. The normalized spacial score (nSPS) is 21.2. The Balaban J connectivity index is 2.11. The summed E-state index contributed by atoms with van der Waals surface area (Å²) in [6.07, 6.45) is 3.33. The van der Waals surface area contributed by atoms with Crippen molar-refractivity contribution in [2.24, 2.45) is 11.8 Å². The molecule has 114 valence electrons. The van der Waals surface area contributed by atoms with Gasteiger partial charge in [-0.3, -0.25) is 14.9 Å². The number of aromatic nitrogens is 3. The summed E-state index contributed by atoms with van der Waals surface area (Å²) in [6.45, 7) is 3.94. The first-order valence-electron chi connectivity index (χ1n) is 7.32. The van der Waals surface area contributed by atoms with Gasteiger partial charge >= 0.3 is 5.97 Å². The third-order valence-electron chi connectivity index (χ3n) is 3.91. The number of carbonyl (C=O) groups excluding carboxylic acids is 1. The first kappa shape index (κ1) is 15.3. The van der Waals surface area contributed by atoms with Crippen molar-refractivity contribution in [2.75, 3.05) is 5.32 Å². The van der Waals surface area contributed by atoms with E-state index in [1.807, 2.05) is 13.8 Å². The second kappa shape index (κ2) is 6.60. The molecular formula is C14H20N4O3. The summed E-state index contributed by atoms with van der Waals surface area (Å²) in [5.74, 6) is -2.21. The summed E-state index contributed by atoms with van der Waals surface area (Å²) in [7, 11) is 0. The van der Waals surface area contributed by atoms with Crippen LogP contribution in [0, 0.1) is 11.8 Å². The fourth-order valence-corrected chi connectivity index (χ4v) is 2.76. The van der Waals surface area contributed by atoms with Crippen molar-refractivity contribution in [3.8, 4) is 0 Å². The van der Waals surface area contributed by atoms with Gasteiger partial charge in [-0.05, 0) is 25.7 Å². The van der Waals surface area contributed by atoms with Gasteiger partial charge in [-0.15, -0.1) is 10.2 Å². The molecule has 2 rings (SSSR count). The first-order valence-corrected chi connectivity index (χ1v) is 7.32. The Morgan fingerprint density at radius 2 is 1.81 bits per heavy atom. The first-order chi connectivity index (χ1) is 10.1. The van der Waals surface area contributed by atoms with Crippen molar-refractivity contribution in [3.05, 3.63) is 11.4 Å². The van der Waals surface area contributed by atoms with Crippen molar-refractivity contribution in [1.29, 1.82) is 0 Å². The monoisotopic (exact) mass is 292 g/mol. The van der Waals surface area contributed by atoms with Crippen LogP contribution in [-0.2, 0) is 22.4 Å². The molecule has 1 aliphatic carbocycles. The van der Waals surface area contributed by atoms with Crippen LogP contribution in [0.1, 0.15) is 44.5 Å². The molecule has 1 amide bonds. The minimum Gasteiger partial charge on any atom is -0.481 e. The highest BCUT2D eigenvalue weighted by Crippen LogP contribution is 2.32. The standard InChI is InChI=1S/C14H20N4O3/c1-3-10-11(4-2)17-18-14(15-10)16-12(19)8-6-5-7-9(8)13(20)21/h8-9H,3-7H2,1-2H3,(H,20,21)(H,15,16,18,19)/t8-,9+/m1/s1. The SMILES string of the molecule is CCc1nnc(NC(=O)[C@@H]2CCC[C@@H]2C(=O)O)nc1CC. The van der Waals surface area contributed by atoms with Crippen LogP contribution >= 0.6 is 0 Å². The molecule has 0 bridgehead atoms. The molecule has 1 aromatic rings. The number of aryl methyl sites for hydroxylation is 2. The lowest BCUT2D eigenvalue weighted by molar-refractivity contribution is -0.145. The molecule has 1 aliphatic rings. The quantitative estimate of drug-likeness (QED) is 0.850. The molecule has 1 aromatic heterocycles. The van der Waals surface area contributed by atoms with Crippen LogP contribution < -0.4 is 5.32 Å². The highest BCUT2D eigenvalue weighted by Gasteiger charge is 2.38. The van der Waals surface area contributed by atoms with E-state index in [9.17, 15) is 9.59 Å². The van der Waals surface area contributed by atoms with E-state index in [0.29, 0.717) is 19.3 Å². The van der Waals surface area contributed by atoms with Crippen LogP contribution in [0.5, 0.6) is 0 Å². The van der Waals surface area contributed by atoms with Gasteiger partial charge in [0, 0.05) is 0 Å². The molecule has 0 saturated heterocycles. The molecule has 7 heteroatoms. The average Bonchev–Trinajstić information content (AvgIpc) is 2.96. The number of carboxylic acids is 1. The van der Waals surface area contributed by atoms with Crippen molar-refractivity contribution in [1.82, 2.24) is 15.2 Å². The van der Waals surface area contributed by atoms with Gasteiger partial charge in [0.1, 0.15) is 0 Å². The summed E-state index contributed by atoms with van der Waals surface area (Å²) < 4.78 is 0. The molecule has 0 aliphatic heterocycles. The predicted octanol–water partition coefficient (Wildman–Crippen LogP) is 1.44. The number of nitrogens with zero attached hydrogens (tertiary/aromatic N) is 3. The number of hydrogen-bond acceptors (Lipinski definition) is 5. The molecule has 0 unspecified atom stereocenters. The van der Waals surface area contributed by atoms with Crippen molar-refractivity contribution >= 4 is 17.8 Å². The summed E-state index contributed by atoms with van der Waals surface area (Å²) in [5.41, 5.74) is 1.63. The van der Waals surface area contributed by atoms with Crippen LogP contribution in [0.2, 0.25) is 0 Å². The largest absolute Gasteiger partial charge is 0.481 e. The van der Waals surface area contributed by atoms with E-state index in [1.165, 1.54) is 0 Å². The van der Waals surface area contributed by atoms with E-state index in [-0.39, 0.29) is 11.9 Å². The fraction of sp³-hybridized carbons (Fsp3) is 0.643. The molecule has 7 nitrogen and oxygen atoms in total. The zero-order valence-electron chi connectivity index (χ0n) is 12.3. The maximum atomic E-state index is 12.2. The Morgan fingerprint density at radius 3 is 2.43 bits per heavy atom. The molecule has 1 fully saturated rings. The second-order valence-electron chi connectivity index (χ2n) is 5.21. The lowest BCUT2D eigenvalue weighted by atomic mass is 9.95. The van der Waals surface area contributed by atoms with Gasteiger partial charge in [-0.1, -0.05) is 20.3 Å². The van der Waals surface area contributed by atoms with Gasteiger partial charge in [0.15, 0.2) is 0 Å². The number of rotatable bonds is 5. The van der Waals surface area contributed by atoms with Crippen LogP contribution in [0.25, 0.3) is 0 Å². The van der Waals surface area contributed by atoms with E-state index in [4.69, 9.17) is 5.11 Å². The zero-order chi connectivity index (χ0) is 15.4. The van der Waals surface area contributed by atoms with Gasteiger partial charge in [0.2, 0.25) is 11.9 Å². The number of nitrogens with one attached hydrogen (secondary N) is 1. The molecule has 2 atom stereocenters. The van der Waals surface area contributed by atoms with E-state index in [0.717, 1.165) is 24.2 Å². The Labute approximate surface area is 123 Å². The number of carbonyl (C=O) groups is 2. The number of aliphatic carboxylic acids is 1. The third kappa shape index (κ3) is 3.34. The maximum absolute atomic E-state index is 12.2. The average molecular weight is 292 g/mol.